The van der Waals surface area contributed by atoms with Crippen LogP contribution in [0.4, 0.5) is 5.69 Å². The van der Waals surface area contributed by atoms with E-state index in [0.717, 1.165) is 12.0 Å². The smallest absolute Gasteiger partial charge is 0.268 e. The molecule has 2 N–H and O–H groups in total. The number of nitrogens with two attached hydrogens (primary N) is 1. The van der Waals surface area contributed by atoms with E-state index in [1.54, 1.807) is 31.0 Å². The first-order chi connectivity index (χ1) is 12.9. The topological polar surface area (TPSA) is 98.3 Å². The summed E-state index contributed by atoms with van der Waals surface area (Å²) < 4.78 is 1.41. The van der Waals surface area contributed by atoms with Gasteiger partial charge >= 0.3 is 0 Å². The Kier molecular flexibility index (Phi) is 4.07. The zero-order valence-electron chi connectivity index (χ0n) is 15.0. The minimum Gasteiger partial charge on any atom is -0.366 e. The molecule has 0 atom stereocenters. The largest absolute Gasteiger partial charge is 0.366 e. The molecule has 7 nitrogen and oxygen atoms in total. The molecule has 2 aromatic heterocycles. The SMILES string of the molecule is Cc1c(C(=O)N2CCCc3c(C(N)=O)cccc32)sc2ncn(C)c(=O)c12. The highest BCUT2D eigenvalue weighted by molar-refractivity contribution is 7.20. The zero-order chi connectivity index (χ0) is 19.3. The number of rotatable bonds is 2. The van der Waals surface area contributed by atoms with Gasteiger partial charge in [0.1, 0.15) is 4.83 Å². The number of nitrogens with zero attached hydrogens (tertiary/aromatic N) is 3. The molecule has 0 radical (unpaired) electrons. The number of hydrogen-bond acceptors (Lipinski definition) is 5. The van der Waals surface area contributed by atoms with Crippen molar-refractivity contribution in [2.75, 3.05) is 11.4 Å². The van der Waals surface area contributed by atoms with E-state index in [4.69, 9.17) is 5.73 Å². The van der Waals surface area contributed by atoms with Gasteiger partial charge in [-0.15, -0.1) is 11.3 Å². The van der Waals surface area contributed by atoms with Crippen LogP contribution in [0.15, 0.2) is 29.3 Å². The van der Waals surface area contributed by atoms with Crippen molar-refractivity contribution in [2.45, 2.75) is 19.8 Å². The first kappa shape index (κ1) is 17.4. The number of thiophene rings is 1. The second kappa shape index (κ2) is 6.31. The molecular formula is C19H18N4O3S. The number of carbonyl (C=O) groups excluding carboxylic acids is 2. The van der Waals surface area contributed by atoms with E-state index < -0.39 is 5.91 Å². The molecule has 0 saturated heterocycles. The molecule has 27 heavy (non-hydrogen) atoms. The highest BCUT2D eigenvalue weighted by atomic mass is 32.1. The molecule has 1 aromatic carbocycles. The Labute approximate surface area is 159 Å². The van der Waals surface area contributed by atoms with E-state index in [0.29, 0.717) is 44.9 Å². The summed E-state index contributed by atoms with van der Waals surface area (Å²) in [6, 6.07) is 5.26. The van der Waals surface area contributed by atoms with Crippen LogP contribution in [0.2, 0.25) is 0 Å². The molecule has 0 bridgehead atoms. The first-order valence-electron chi connectivity index (χ1n) is 8.58. The van der Waals surface area contributed by atoms with Crippen molar-refractivity contribution in [3.63, 3.8) is 0 Å². The van der Waals surface area contributed by atoms with Crippen LogP contribution in [0.1, 0.15) is 37.6 Å². The molecule has 1 aliphatic rings. The number of amides is 2. The lowest BCUT2D eigenvalue weighted by molar-refractivity contribution is 0.0979. The summed E-state index contributed by atoms with van der Waals surface area (Å²) in [5.74, 6) is -0.674. The van der Waals surface area contributed by atoms with Gasteiger partial charge in [-0.05, 0) is 43.0 Å². The molecular weight excluding hydrogens is 364 g/mol. The number of anilines is 1. The Morgan fingerprint density at radius 2 is 2.07 bits per heavy atom. The van der Waals surface area contributed by atoms with Crippen molar-refractivity contribution in [3.8, 4) is 0 Å². The Morgan fingerprint density at radius 1 is 1.30 bits per heavy atom. The molecule has 0 saturated carbocycles. The molecule has 8 heteroatoms. The average molecular weight is 382 g/mol. The second-order valence-corrected chi connectivity index (χ2v) is 7.62. The molecule has 3 heterocycles. The Morgan fingerprint density at radius 3 is 2.81 bits per heavy atom. The maximum Gasteiger partial charge on any atom is 0.268 e. The lowest BCUT2D eigenvalue weighted by atomic mass is 9.95. The van der Waals surface area contributed by atoms with Gasteiger partial charge in [-0.1, -0.05) is 6.07 Å². The fraction of sp³-hybridized carbons (Fsp3) is 0.263. The number of aryl methyl sites for hydroxylation is 2. The minimum atomic E-state index is -0.494. The number of fused-ring (bicyclic) bond motifs is 2. The molecule has 4 rings (SSSR count). The third-order valence-electron chi connectivity index (χ3n) is 4.97. The van der Waals surface area contributed by atoms with Crippen LogP contribution in [0, 0.1) is 6.92 Å². The average Bonchev–Trinajstić information content (AvgIpc) is 3.00. The monoisotopic (exact) mass is 382 g/mol. The van der Waals surface area contributed by atoms with Crippen molar-refractivity contribution >= 4 is 39.1 Å². The maximum absolute atomic E-state index is 13.3. The molecule has 2 amide bonds. The van der Waals surface area contributed by atoms with Crippen molar-refractivity contribution in [1.29, 1.82) is 0 Å². The lowest BCUT2D eigenvalue weighted by Gasteiger charge is -2.30. The van der Waals surface area contributed by atoms with E-state index in [2.05, 4.69) is 4.98 Å². The summed E-state index contributed by atoms with van der Waals surface area (Å²) in [7, 11) is 1.64. The summed E-state index contributed by atoms with van der Waals surface area (Å²) in [5.41, 5.74) is 7.94. The number of aromatic nitrogens is 2. The first-order valence-corrected chi connectivity index (χ1v) is 9.40. The second-order valence-electron chi connectivity index (χ2n) is 6.62. The molecule has 0 spiro atoms. The van der Waals surface area contributed by atoms with Gasteiger partial charge in [0.05, 0.1) is 16.6 Å². The van der Waals surface area contributed by atoms with Gasteiger partial charge in [0.15, 0.2) is 0 Å². The summed E-state index contributed by atoms with van der Waals surface area (Å²) in [6.07, 6.45) is 2.91. The Hall–Kier alpha value is -3.00. The predicted octanol–water partition coefficient (Wildman–Crippen LogP) is 2.00. The predicted molar refractivity (Wildman–Crippen MR) is 105 cm³/mol. The summed E-state index contributed by atoms with van der Waals surface area (Å²) >= 11 is 1.23. The normalized spacial score (nSPS) is 13.6. The van der Waals surface area contributed by atoms with Crippen molar-refractivity contribution in [3.05, 3.63) is 56.4 Å². The van der Waals surface area contributed by atoms with E-state index in [1.807, 2.05) is 6.07 Å². The van der Waals surface area contributed by atoms with Gasteiger partial charge in [-0.3, -0.25) is 14.4 Å². The van der Waals surface area contributed by atoms with Gasteiger partial charge in [0.25, 0.3) is 11.5 Å². The van der Waals surface area contributed by atoms with Gasteiger partial charge in [0.2, 0.25) is 5.91 Å². The van der Waals surface area contributed by atoms with Crippen LogP contribution >= 0.6 is 11.3 Å². The highest BCUT2D eigenvalue weighted by Gasteiger charge is 2.29. The number of carbonyl (C=O) groups is 2. The van der Waals surface area contributed by atoms with Crippen molar-refractivity contribution in [1.82, 2.24) is 9.55 Å². The molecule has 3 aromatic rings. The fourth-order valence-electron chi connectivity index (χ4n) is 3.60. The third kappa shape index (κ3) is 2.64. The van der Waals surface area contributed by atoms with Crippen LogP contribution in [-0.4, -0.2) is 27.9 Å². The standard InChI is InChI=1S/C19H18N4O3S/c1-10-14-17(21-9-22(2)18(14)25)27-15(10)19(26)23-8-4-6-11-12(16(20)24)5-3-7-13(11)23/h3,5,7,9H,4,6,8H2,1-2H3,(H2,20,24). The molecule has 1 aliphatic heterocycles. The lowest BCUT2D eigenvalue weighted by Crippen LogP contribution is -2.36. The number of hydrogen-bond donors (Lipinski definition) is 1. The van der Waals surface area contributed by atoms with Gasteiger partial charge in [-0.2, -0.15) is 0 Å². The van der Waals surface area contributed by atoms with Crippen molar-refractivity contribution < 1.29 is 9.59 Å². The minimum absolute atomic E-state index is 0.164. The quantitative estimate of drug-likeness (QED) is 0.733. The fourth-order valence-corrected chi connectivity index (χ4v) is 4.69. The van der Waals surface area contributed by atoms with Crippen LogP contribution in [0.25, 0.3) is 10.2 Å². The van der Waals surface area contributed by atoms with Crippen LogP contribution in [0.5, 0.6) is 0 Å². The molecule has 0 aliphatic carbocycles. The van der Waals surface area contributed by atoms with Crippen LogP contribution in [-0.2, 0) is 13.5 Å². The number of benzene rings is 1. The maximum atomic E-state index is 13.3. The Bertz CT molecular complexity index is 1160. The van der Waals surface area contributed by atoms with Gasteiger partial charge < -0.3 is 15.2 Å². The zero-order valence-corrected chi connectivity index (χ0v) is 15.8. The van der Waals surface area contributed by atoms with Gasteiger partial charge in [0, 0.05) is 24.8 Å². The van der Waals surface area contributed by atoms with E-state index in [-0.39, 0.29) is 11.5 Å². The number of primary amides is 1. The molecule has 0 fully saturated rings. The Balaban J connectivity index is 1.84. The van der Waals surface area contributed by atoms with E-state index >= 15 is 0 Å². The summed E-state index contributed by atoms with van der Waals surface area (Å²) in [4.78, 5) is 44.5. The summed E-state index contributed by atoms with van der Waals surface area (Å²) in [6.45, 7) is 2.33. The molecule has 0 unspecified atom stereocenters. The van der Waals surface area contributed by atoms with E-state index in [1.165, 1.54) is 22.2 Å². The molecule has 138 valence electrons. The van der Waals surface area contributed by atoms with Gasteiger partial charge in [-0.25, -0.2) is 4.98 Å². The van der Waals surface area contributed by atoms with Crippen LogP contribution in [0.3, 0.4) is 0 Å². The highest BCUT2D eigenvalue weighted by Crippen LogP contribution is 2.34. The summed E-state index contributed by atoms with van der Waals surface area (Å²) in [5, 5.41) is 0.483. The van der Waals surface area contributed by atoms with Crippen LogP contribution < -0.4 is 16.2 Å². The van der Waals surface area contributed by atoms with E-state index in [9.17, 15) is 14.4 Å². The van der Waals surface area contributed by atoms with Crippen molar-refractivity contribution in [2.24, 2.45) is 12.8 Å². The third-order valence-corrected chi connectivity index (χ3v) is 6.15.